The summed E-state index contributed by atoms with van der Waals surface area (Å²) in [5.74, 6) is -0.157. The van der Waals surface area contributed by atoms with E-state index in [4.69, 9.17) is 4.42 Å². The van der Waals surface area contributed by atoms with Crippen molar-refractivity contribution in [2.75, 3.05) is 5.32 Å². The van der Waals surface area contributed by atoms with Crippen molar-refractivity contribution in [2.24, 2.45) is 0 Å². The topological polar surface area (TPSA) is 83.4 Å². The average Bonchev–Trinajstić information content (AvgIpc) is 3.32. The fourth-order valence-corrected chi connectivity index (χ4v) is 4.45. The Bertz CT molecular complexity index is 818. The third kappa shape index (κ3) is 3.78. The summed E-state index contributed by atoms with van der Waals surface area (Å²) < 4.78 is 5.43. The summed E-state index contributed by atoms with van der Waals surface area (Å²) in [6.07, 6.45) is 4.91. The number of furan rings is 1. The fourth-order valence-electron chi connectivity index (χ4n) is 3.66. The molecule has 3 unspecified atom stereocenters. The molecule has 7 heteroatoms. The van der Waals surface area contributed by atoms with Gasteiger partial charge in [-0.1, -0.05) is 11.8 Å². The predicted molar refractivity (Wildman–Crippen MR) is 99.4 cm³/mol. The molecule has 2 bridgehead atoms. The monoisotopic (exact) mass is 371 g/mol. The quantitative estimate of drug-likeness (QED) is 0.752. The second-order valence-electron chi connectivity index (χ2n) is 6.83. The van der Waals surface area contributed by atoms with E-state index < -0.39 is 0 Å². The summed E-state index contributed by atoms with van der Waals surface area (Å²) in [6.45, 7) is 1.45. The molecule has 2 amide bonds. The van der Waals surface area contributed by atoms with Crippen molar-refractivity contribution in [3.05, 3.63) is 42.2 Å². The van der Waals surface area contributed by atoms with Gasteiger partial charge >= 0.3 is 0 Å². The van der Waals surface area contributed by atoms with Crippen molar-refractivity contribution in [3.63, 3.8) is 0 Å². The second-order valence-corrected chi connectivity index (χ2v) is 7.90. The highest BCUT2D eigenvalue weighted by atomic mass is 32.2. The number of benzene rings is 1. The van der Waals surface area contributed by atoms with E-state index in [0.717, 1.165) is 17.7 Å². The molecule has 2 saturated heterocycles. The van der Waals surface area contributed by atoms with E-state index in [2.05, 4.69) is 16.0 Å². The molecule has 2 fully saturated rings. The first-order valence-electron chi connectivity index (χ1n) is 8.78. The van der Waals surface area contributed by atoms with E-state index >= 15 is 0 Å². The molecule has 0 saturated carbocycles. The Morgan fingerprint density at radius 3 is 2.69 bits per heavy atom. The largest absolute Gasteiger partial charge is 0.456 e. The van der Waals surface area contributed by atoms with Gasteiger partial charge in [-0.05, 0) is 43.5 Å². The number of hydrogen-bond acceptors (Lipinski definition) is 5. The highest BCUT2D eigenvalue weighted by Gasteiger charge is 2.39. The summed E-state index contributed by atoms with van der Waals surface area (Å²) >= 11 is 1.44. The van der Waals surface area contributed by atoms with Gasteiger partial charge in [-0.2, -0.15) is 0 Å². The Morgan fingerprint density at radius 1 is 1.23 bits per heavy atom. The maximum atomic E-state index is 12.4. The molecule has 3 atom stereocenters. The zero-order chi connectivity index (χ0) is 18.1. The number of amides is 2. The summed E-state index contributed by atoms with van der Waals surface area (Å²) in [6, 6.07) is 10.5. The molecule has 136 valence electrons. The molecule has 2 aliphatic rings. The molecule has 0 spiro atoms. The number of carbonyl (C=O) groups is 2. The summed E-state index contributed by atoms with van der Waals surface area (Å²) in [5.41, 5.74) is 1.30. The van der Waals surface area contributed by atoms with Crippen molar-refractivity contribution in [2.45, 2.75) is 54.3 Å². The first-order chi connectivity index (χ1) is 12.6. The first-order valence-corrected chi connectivity index (χ1v) is 9.59. The summed E-state index contributed by atoms with van der Waals surface area (Å²) in [5, 5.41) is 10.0. The molecule has 3 N–H and O–H groups in total. The van der Waals surface area contributed by atoms with Crippen LogP contribution in [0.2, 0.25) is 0 Å². The molecule has 1 aromatic heterocycles. The van der Waals surface area contributed by atoms with E-state index in [1.165, 1.54) is 31.4 Å². The lowest BCUT2D eigenvalue weighted by atomic mass is 9.95. The van der Waals surface area contributed by atoms with Crippen LogP contribution in [0.15, 0.2) is 51.0 Å². The molecule has 2 aliphatic heterocycles. The first kappa shape index (κ1) is 17.2. The Balaban J connectivity index is 1.35. The van der Waals surface area contributed by atoms with Gasteiger partial charge in [0.15, 0.2) is 5.09 Å². The van der Waals surface area contributed by atoms with Gasteiger partial charge in [0.25, 0.3) is 5.91 Å². The van der Waals surface area contributed by atoms with Gasteiger partial charge < -0.3 is 20.4 Å². The SMILES string of the molecule is CC(=O)Nc1coc(Sc2ccc(C(=O)NC3CC4CCC3N4)cc2)c1. The Kier molecular flexibility index (Phi) is 4.74. The van der Waals surface area contributed by atoms with Crippen LogP contribution in [-0.2, 0) is 4.79 Å². The van der Waals surface area contributed by atoms with Crippen molar-refractivity contribution >= 4 is 29.3 Å². The number of carbonyl (C=O) groups excluding carboxylic acids is 2. The van der Waals surface area contributed by atoms with Crippen LogP contribution in [0.4, 0.5) is 5.69 Å². The maximum Gasteiger partial charge on any atom is 0.251 e. The molecular formula is C19H21N3O3S. The fraction of sp³-hybridized carbons (Fsp3) is 0.368. The Morgan fingerprint density at radius 2 is 2.04 bits per heavy atom. The minimum atomic E-state index is -0.136. The minimum absolute atomic E-state index is 0.0214. The number of rotatable bonds is 5. The molecule has 2 aromatic rings. The van der Waals surface area contributed by atoms with Crippen LogP contribution in [0.1, 0.15) is 36.5 Å². The van der Waals surface area contributed by atoms with Gasteiger partial charge in [0.2, 0.25) is 5.91 Å². The van der Waals surface area contributed by atoms with Crippen LogP contribution in [0.3, 0.4) is 0 Å². The van der Waals surface area contributed by atoms with Crippen LogP contribution in [-0.4, -0.2) is 29.9 Å². The molecule has 0 aliphatic carbocycles. The van der Waals surface area contributed by atoms with E-state index in [1.54, 1.807) is 6.07 Å². The van der Waals surface area contributed by atoms with Gasteiger partial charge in [0.05, 0.1) is 5.69 Å². The Hall–Kier alpha value is -2.25. The molecule has 3 heterocycles. The third-order valence-electron chi connectivity index (χ3n) is 4.85. The standard InChI is InChI=1S/C19H21N3O3S/c1-11(23)20-14-9-18(25-10-14)26-15-5-2-12(3-6-15)19(24)22-17-8-13-4-7-16(17)21-13/h2-3,5-6,9-10,13,16-17,21H,4,7-8H2,1H3,(H,20,23)(H,22,24). The van der Waals surface area contributed by atoms with Crippen LogP contribution >= 0.6 is 11.8 Å². The molecule has 0 radical (unpaired) electrons. The number of fused-ring (bicyclic) bond motifs is 2. The summed E-state index contributed by atoms with van der Waals surface area (Å²) in [7, 11) is 0. The van der Waals surface area contributed by atoms with Crippen molar-refractivity contribution in [1.82, 2.24) is 10.6 Å². The van der Waals surface area contributed by atoms with E-state index in [9.17, 15) is 9.59 Å². The summed E-state index contributed by atoms with van der Waals surface area (Å²) in [4.78, 5) is 24.5. The normalized spacial score (nSPS) is 23.8. The zero-order valence-electron chi connectivity index (χ0n) is 14.5. The molecule has 26 heavy (non-hydrogen) atoms. The van der Waals surface area contributed by atoms with Crippen LogP contribution in [0, 0.1) is 0 Å². The second kappa shape index (κ2) is 7.17. The van der Waals surface area contributed by atoms with Gasteiger partial charge in [0, 0.05) is 41.6 Å². The zero-order valence-corrected chi connectivity index (χ0v) is 15.3. The van der Waals surface area contributed by atoms with Gasteiger partial charge in [-0.3, -0.25) is 9.59 Å². The van der Waals surface area contributed by atoms with Crippen LogP contribution in [0.25, 0.3) is 0 Å². The third-order valence-corrected chi connectivity index (χ3v) is 5.77. The predicted octanol–water partition coefficient (Wildman–Crippen LogP) is 3.01. The van der Waals surface area contributed by atoms with Gasteiger partial charge in [-0.15, -0.1) is 0 Å². The van der Waals surface area contributed by atoms with Crippen LogP contribution in [0.5, 0.6) is 0 Å². The molecular weight excluding hydrogens is 350 g/mol. The smallest absolute Gasteiger partial charge is 0.251 e. The van der Waals surface area contributed by atoms with Crippen molar-refractivity contribution in [3.8, 4) is 0 Å². The lowest BCUT2D eigenvalue weighted by Gasteiger charge is -2.21. The lowest BCUT2D eigenvalue weighted by Crippen LogP contribution is -2.42. The number of anilines is 1. The van der Waals surface area contributed by atoms with Gasteiger partial charge in [-0.25, -0.2) is 0 Å². The molecule has 6 nitrogen and oxygen atoms in total. The van der Waals surface area contributed by atoms with Crippen molar-refractivity contribution < 1.29 is 14.0 Å². The Labute approximate surface area is 156 Å². The lowest BCUT2D eigenvalue weighted by molar-refractivity contribution is -0.114. The number of hydrogen-bond donors (Lipinski definition) is 3. The molecule has 4 rings (SSSR count). The van der Waals surface area contributed by atoms with E-state index in [-0.39, 0.29) is 17.9 Å². The van der Waals surface area contributed by atoms with Crippen LogP contribution < -0.4 is 16.0 Å². The average molecular weight is 371 g/mol. The highest BCUT2D eigenvalue weighted by molar-refractivity contribution is 7.99. The maximum absolute atomic E-state index is 12.4. The number of nitrogens with one attached hydrogen (secondary N) is 3. The van der Waals surface area contributed by atoms with E-state index in [0.29, 0.717) is 28.4 Å². The van der Waals surface area contributed by atoms with Gasteiger partial charge in [0.1, 0.15) is 6.26 Å². The van der Waals surface area contributed by atoms with Crippen molar-refractivity contribution in [1.29, 1.82) is 0 Å². The molecule has 1 aromatic carbocycles. The minimum Gasteiger partial charge on any atom is -0.456 e. The van der Waals surface area contributed by atoms with E-state index in [1.807, 2.05) is 24.3 Å². The highest BCUT2D eigenvalue weighted by Crippen LogP contribution is 2.31.